The molecule has 1 aromatic rings. The molecule has 0 fully saturated rings. The van der Waals surface area contributed by atoms with Crippen molar-refractivity contribution in [1.29, 1.82) is 0 Å². The zero-order valence-corrected chi connectivity index (χ0v) is 10.6. The van der Waals surface area contributed by atoms with E-state index in [0.717, 1.165) is 24.0 Å². The van der Waals surface area contributed by atoms with Gasteiger partial charge >= 0.3 is 0 Å². The van der Waals surface area contributed by atoms with Crippen molar-refractivity contribution in [2.75, 3.05) is 7.05 Å². The molecule has 0 aliphatic carbocycles. The van der Waals surface area contributed by atoms with Crippen LogP contribution in [0.3, 0.4) is 0 Å². The lowest BCUT2D eigenvalue weighted by molar-refractivity contribution is 0.112. The van der Waals surface area contributed by atoms with E-state index in [2.05, 4.69) is 32.7 Å². The lowest BCUT2D eigenvalue weighted by Crippen LogP contribution is -2.32. The van der Waals surface area contributed by atoms with Crippen LogP contribution < -0.4 is 0 Å². The van der Waals surface area contributed by atoms with E-state index in [-0.39, 0.29) is 0 Å². The minimum absolute atomic E-state index is 0.514. The highest BCUT2D eigenvalue weighted by molar-refractivity contribution is 5.77. The second-order valence-corrected chi connectivity index (χ2v) is 4.72. The molecule has 1 atom stereocenters. The van der Waals surface area contributed by atoms with E-state index >= 15 is 0 Å². The smallest absolute Gasteiger partial charge is 0.150 e. The predicted octanol–water partition coefficient (Wildman–Crippen LogP) is 2.98. The highest BCUT2D eigenvalue weighted by Gasteiger charge is 2.14. The Kier molecular flexibility index (Phi) is 4.69. The first kappa shape index (κ1) is 12.9. The summed E-state index contributed by atoms with van der Waals surface area (Å²) in [4.78, 5) is 13.2. The fourth-order valence-electron chi connectivity index (χ4n) is 1.71. The van der Waals surface area contributed by atoms with E-state index in [1.807, 2.05) is 24.3 Å². The molecule has 1 aromatic carbocycles. The Bertz CT molecular complexity index is 346. The van der Waals surface area contributed by atoms with Crippen molar-refractivity contribution in [1.82, 2.24) is 4.90 Å². The Morgan fingerprint density at radius 2 is 1.88 bits per heavy atom. The van der Waals surface area contributed by atoms with Gasteiger partial charge in [0.25, 0.3) is 0 Å². The normalized spacial score (nSPS) is 13.1. The van der Waals surface area contributed by atoms with Gasteiger partial charge in [0.1, 0.15) is 6.29 Å². The van der Waals surface area contributed by atoms with E-state index in [4.69, 9.17) is 0 Å². The maximum absolute atomic E-state index is 10.9. The van der Waals surface area contributed by atoms with Gasteiger partial charge in [-0.15, -0.1) is 0 Å². The third-order valence-corrected chi connectivity index (χ3v) is 3.26. The molecule has 88 valence electrons. The molecule has 0 heterocycles. The largest absolute Gasteiger partial charge is 0.299 e. The van der Waals surface area contributed by atoms with Crippen LogP contribution in [0.5, 0.6) is 0 Å². The molecule has 16 heavy (non-hydrogen) atoms. The van der Waals surface area contributed by atoms with Gasteiger partial charge in [0, 0.05) is 18.2 Å². The predicted molar refractivity (Wildman–Crippen MR) is 67.6 cm³/mol. The van der Waals surface area contributed by atoms with E-state index in [1.165, 1.54) is 0 Å². The molecule has 2 nitrogen and oxygen atoms in total. The van der Waals surface area contributed by atoms with Crippen molar-refractivity contribution in [3.63, 3.8) is 0 Å². The van der Waals surface area contributed by atoms with E-state index < -0.39 is 0 Å². The molecule has 0 aliphatic heterocycles. The first-order chi connectivity index (χ1) is 7.56. The average Bonchev–Trinajstić information content (AvgIpc) is 2.28. The lowest BCUT2D eigenvalue weighted by Gasteiger charge is -2.28. The molecule has 0 aromatic heterocycles. The van der Waals surface area contributed by atoms with Crippen LogP contribution in [0.25, 0.3) is 0 Å². The van der Waals surface area contributed by atoms with E-state index in [9.17, 15) is 4.79 Å². The molecule has 0 bridgehead atoms. The summed E-state index contributed by atoms with van der Waals surface area (Å²) in [5, 5.41) is 0. The Labute approximate surface area is 98.3 Å². The maximum atomic E-state index is 10.9. The molecule has 0 spiro atoms. The van der Waals surface area contributed by atoms with Crippen molar-refractivity contribution in [3.8, 4) is 0 Å². The number of rotatable bonds is 5. The zero-order valence-electron chi connectivity index (χ0n) is 10.6. The first-order valence-corrected chi connectivity index (χ1v) is 5.79. The van der Waals surface area contributed by atoms with Gasteiger partial charge in [0.2, 0.25) is 0 Å². The highest BCUT2D eigenvalue weighted by atomic mass is 16.1. The van der Waals surface area contributed by atoms with Crippen LogP contribution in [-0.2, 0) is 6.54 Å². The van der Waals surface area contributed by atoms with Gasteiger partial charge in [0.05, 0.1) is 0 Å². The molecular formula is C14H21NO. The zero-order chi connectivity index (χ0) is 12.1. The second kappa shape index (κ2) is 5.80. The molecule has 1 unspecified atom stereocenters. The quantitative estimate of drug-likeness (QED) is 0.710. The minimum Gasteiger partial charge on any atom is -0.299 e. The van der Waals surface area contributed by atoms with Gasteiger partial charge in [-0.1, -0.05) is 38.1 Å². The fraction of sp³-hybridized carbons (Fsp3) is 0.500. The van der Waals surface area contributed by atoms with Crippen molar-refractivity contribution in [3.05, 3.63) is 35.4 Å². The Hall–Kier alpha value is -1.15. The number of carbonyl (C=O) groups excluding carboxylic acids is 1. The molecule has 0 amide bonds. The summed E-state index contributed by atoms with van der Waals surface area (Å²) in [7, 11) is 2.10. The summed E-state index contributed by atoms with van der Waals surface area (Å²) < 4.78 is 0. The van der Waals surface area contributed by atoms with Gasteiger partial charge in [-0.05, 0) is 25.5 Å². The summed E-state index contributed by atoms with van der Waals surface area (Å²) >= 11 is 0. The average molecular weight is 219 g/mol. The molecule has 0 saturated carbocycles. The number of nitrogens with zero attached hydrogens (tertiary/aromatic N) is 1. The van der Waals surface area contributed by atoms with Crippen LogP contribution in [0.2, 0.25) is 0 Å². The summed E-state index contributed by atoms with van der Waals surface area (Å²) in [6, 6.07) is 8.29. The third kappa shape index (κ3) is 3.17. The first-order valence-electron chi connectivity index (χ1n) is 5.79. The third-order valence-electron chi connectivity index (χ3n) is 3.26. The van der Waals surface area contributed by atoms with Crippen LogP contribution in [0.1, 0.15) is 36.7 Å². The monoisotopic (exact) mass is 219 g/mol. The molecule has 0 N–H and O–H groups in total. The van der Waals surface area contributed by atoms with Crippen LogP contribution in [0.15, 0.2) is 24.3 Å². The van der Waals surface area contributed by atoms with E-state index in [0.29, 0.717) is 12.0 Å². The standard InChI is InChI=1S/C14H21NO/c1-11(2)12(3)15(4)9-13-7-5-6-8-14(13)10-16/h5-8,10-12H,9H2,1-4H3. The lowest BCUT2D eigenvalue weighted by atomic mass is 10.0. The van der Waals surface area contributed by atoms with E-state index in [1.54, 1.807) is 0 Å². The molecule has 0 saturated heterocycles. The van der Waals surface area contributed by atoms with Gasteiger partial charge in [-0.3, -0.25) is 9.69 Å². The van der Waals surface area contributed by atoms with Gasteiger partial charge in [-0.2, -0.15) is 0 Å². The summed E-state index contributed by atoms with van der Waals surface area (Å²) in [6.07, 6.45) is 0.934. The Balaban J connectivity index is 2.76. The maximum Gasteiger partial charge on any atom is 0.150 e. The van der Waals surface area contributed by atoms with Gasteiger partial charge < -0.3 is 0 Å². The molecular weight excluding hydrogens is 198 g/mol. The highest BCUT2D eigenvalue weighted by Crippen LogP contribution is 2.14. The second-order valence-electron chi connectivity index (χ2n) is 4.72. The van der Waals surface area contributed by atoms with Crippen LogP contribution in [0, 0.1) is 5.92 Å². The number of benzene rings is 1. The number of carbonyl (C=O) groups is 1. The van der Waals surface area contributed by atoms with Crippen molar-refractivity contribution in [2.24, 2.45) is 5.92 Å². The van der Waals surface area contributed by atoms with Crippen LogP contribution in [0.4, 0.5) is 0 Å². The van der Waals surface area contributed by atoms with Gasteiger partial charge in [0.15, 0.2) is 0 Å². The summed E-state index contributed by atoms with van der Waals surface area (Å²) in [6.45, 7) is 7.47. The van der Waals surface area contributed by atoms with Crippen molar-refractivity contribution in [2.45, 2.75) is 33.4 Å². The number of hydrogen-bond donors (Lipinski definition) is 0. The van der Waals surface area contributed by atoms with Gasteiger partial charge in [-0.25, -0.2) is 0 Å². The molecule has 0 aliphatic rings. The molecule has 2 heteroatoms. The molecule has 0 radical (unpaired) electrons. The Morgan fingerprint density at radius 1 is 1.25 bits per heavy atom. The summed E-state index contributed by atoms with van der Waals surface area (Å²) in [5.41, 5.74) is 1.90. The van der Waals surface area contributed by atoms with Crippen molar-refractivity contribution >= 4 is 6.29 Å². The van der Waals surface area contributed by atoms with Crippen LogP contribution in [-0.4, -0.2) is 24.3 Å². The summed E-state index contributed by atoms with van der Waals surface area (Å²) in [5.74, 6) is 0.619. The van der Waals surface area contributed by atoms with Crippen LogP contribution >= 0.6 is 0 Å². The Morgan fingerprint density at radius 3 is 2.44 bits per heavy atom. The SMILES string of the molecule is CC(C)C(C)N(C)Cc1ccccc1C=O. The number of hydrogen-bond acceptors (Lipinski definition) is 2. The topological polar surface area (TPSA) is 20.3 Å². The fourth-order valence-corrected chi connectivity index (χ4v) is 1.71. The van der Waals surface area contributed by atoms with Crippen molar-refractivity contribution < 1.29 is 4.79 Å². The molecule has 1 rings (SSSR count). The number of aldehydes is 1. The minimum atomic E-state index is 0.514.